The monoisotopic (exact) mass is 239 g/mol. The summed E-state index contributed by atoms with van der Waals surface area (Å²) in [6.07, 6.45) is 0. The maximum atomic E-state index is 10.5. The minimum Gasteiger partial charge on any atom is -0.805 e. The first-order chi connectivity index (χ1) is 5.71. The van der Waals surface area contributed by atoms with Crippen LogP contribution in [0.1, 0.15) is 26.5 Å². The maximum absolute atomic E-state index is 10.5. The molecule has 1 heterocycles. The van der Waals surface area contributed by atoms with Gasteiger partial charge < -0.3 is 31.2 Å². The van der Waals surface area contributed by atoms with Crippen LogP contribution in [-0.4, -0.2) is 5.16 Å². The van der Waals surface area contributed by atoms with Gasteiger partial charge >= 0.3 is 0 Å². The van der Waals surface area contributed by atoms with E-state index in [-0.39, 0.29) is 17.7 Å². The third-order valence-electron chi connectivity index (χ3n) is 1.54. The van der Waals surface area contributed by atoms with Crippen LogP contribution in [0.3, 0.4) is 0 Å². The lowest BCUT2D eigenvalue weighted by Gasteiger charge is -2.25. The molecule has 0 unspecified atom stereocenters. The summed E-state index contributed by atoms with van der Waals surface area (Å²) >= 11 is 0. The average Bonchev–Trinajstić information content (AvgIpc) is 2.28. The van der Waals surface area contributed by atoms with Gasteiger partial charge in [-0.3, -0.25) is 0 Å². The Morgan fingerprint density at radius 1 is 1.33 bits per heavy atom. The highest BCUT2D eigenvalue weighted by atomic mass is 31.2. The third kappa shape index (κ3) is 4.11. The van der Waals surface area contributed by atoms with Crippen LogP contribution in [0.4, 0.5) is 0 Å². The van der Waals surface area contributed by atoms with E-state index < -0.39 is 13.1 Å². The Kier molecular flexibility index (Phi) is 5.42. The minimum absolute atomic E-state index is 0. The molecule has 0 aromatic carbocycles. The van der Waals surface area contributed by atoms with Crippen molar-refractivity contribution >= 4 is 13.1 Å². The van der Waals surface area contributed by atoms with Crippen LogP contribution in [0.2, 0.25) is 0 Å². The number of aromatic nitrogens is 1. The van der Waals surface area contributed by atoms with Crippen molar-refractivity contribution in [2.24, 2.45) is 0 Å². The molecule has 0 bridgehead atoms. The zero-order valence-electron chi connectivity index (χ0n) is 9.60. The van der Waals surface area contributed by atoms with Gasteiger partial charge in [0.15, 0.2) is 5.50 Å². The third-order valence-corrected chi connectivity index (χ3v) is 2.29. The van der Waals surface area contributed by atoms with Crippen LogP contribution in [0.15, 0.2) is 10.6 Å². The quantitative estimate of drug-likeness (QED) is 0.670. The summed E-state index contributed by atoms with van der Waals surface area (Å²) in [5, 5.41) is 3.51. The van der Waals surface area contributed by atoms with Gasteiger partial charge in [0.25, 0.3) is 0 Å². The van der Waals surface area contributed by atoms with Crippen LogP contribution < -0.4 is 27.6 Å². The van der Waals surface area contributed by atoms with Crippen molar-refractivity contribution in [3.63, 3.8) is 0 Å². The molecular formula is C7H18N3O4P. The highest BCUT2D eigenvalue weighted by Crippen LogP contribution is 2.26. The van der Waals surface area contributed by atoms with E-state index in [0.29, 0.717) is 5.69 Å². The Hall–Kier alpha value is -0.720. The van der Waals surface area contributed by atoms with E-state index in [9.17, 15) is 14.4 Å². The highest BCUT2D eigenvalue weighted by Gasteiger charge is 2.19. The van der Waals surface area contributed by atoms with Crippen LogP contribution in [0.25, 0.3) is 0 Å². The molecule has 15 heavy (non-hydrogen) atoms. The van der Waals surface area contributed by atoms with E-state index >= 15 is 0 Å². The first kappa shape index (κ1) is 16.7. The fourth-order valence-corrected chi connectivity index (χ4v) is 1.17. The highest BCUT2D eigenvalue weighted by molar-refractivity contribution is 7.57. The molecule has 0 radical (unpaired) electrons. The van der Waals surface area contributed by atoms with Crippen molar-refractivity contribution in [3.05, 3.63) is 11.8 Å². The standard InChI is InChI=1S/C7H12NO4P.2H3N/c1-7(2,3)5-4-6(12-8-5)13(9,10)11;;/h4H,1-3H3,(H2,9,10,11);2*1H3. The Morgan fingerprint density at radius 3 is 2.00 bits per heavy atom. The number of hydrogen-bond donors (Lipinski definition) is 2. The average molecular weight is 239 g/mol. The predicted octanol–water partition coefficient (Wildman–Crippen LogP) is 0.264. The zero-order valence-corrected chi connectivity index (χ0v) is 10.5. The molecule has 0 aliphatic carbocycles. The summed E-state index contributed by atoms with van der Waals surface area (Å²) in [4.78, 5) is 21.0. The molecule has 0 aliphatic heterocycles. The van der Waals surface area contributed by atoms with E-state index in [2.05, 4.69) is 9.68 Å². The molecule has 0 amide bonds. The maximum Gasteiger partial charge on any atom is 0.166 e. The summed E-state index contributed by atoms with van der Waals surface area (Å²) in [5.41, 5.74) is -0.469. The molecule has 8 heteroatoms. The fourth-order valence-electron chi connectivity index (χ4n) is 0.748. The summed E-state index contributed by atoms with van der Waals surface area (Å²) < 4.78 is 14.9. The van der Waals surface area contributed by atoms with Crippen molar-refractivity contribution in [1.29, 1.82) is 0 Å². The van der Waals surface area contributed by atoms with Crippen molar-refractivity contribution in [1.82, 2.24) is 17.5 Å². The second kappa shape index (κ2) is 4.87. The number of quaternary nitrogens is 2. The summed E-state index contributed by atoms with van der Waals surface area (Å²) in [7, 11) is -4.80. The Morgan fingerprint density at radius 2 is 1.80 bits per heavy atom. The molecule has 0 saturated carbocycles. The molecule has 8 N–H and O–H groups in total. The normalized spacial score (nSPS) is 11.5. The summed E-state index contributed by atoms with van der Waals surface area (Å²) in [5.74, 6) is 0. The van der Waals surface area contributed by atoms with Crippen molar-refractivity contribution in [2.45, 2.75) is 26.2 Å². The number of hydrogen-bond acceptors (Lipinski definition) is 5. The van der Waals surface area contributed by atoms with Gasteiger partial charge in [0.1, 0.15) is 0 Å². The van der Waals surface area contributed by atoms with E-state index in [1.807, 2.05) is 20.8 Å². The molecule has 1 aromatic rings. The van der Waals surface area contributed by atoms with Crippen LogP contribution in [0.5, 0.6) is 0 Å². The van der Waals surface area contributed by atoms with Crippen molar-refractivity contribution in [3.8, 4) is 0 Å². The fraction of sp³-hybridized carbons (Fsp3) is 0.571. The zero-order chi connectivity index (χ0) is 10.3. The second-order valence-corrected chi connectivity index (χ2v) is 5.23. The van der Waals surface area contributed by atoms with Gasteiger partial charge in [-0.1, -0.05) is 25.9 Å². The van der Waals surface area contributed by atoms with Crippen molar-refractivity contribution in [2.75, 3.05) is 0 Å². The largest absolute Gasteiger partial charge is 0.805 e. The molecule has 0 fully saturated rings. The predicted molar refractivity (Wildman–Crippen MR) is 54.4 cm³/mol. The van der Waals surface area contributed by atoms with E-state index in [1.54, 1.807) is 0 Å². The molecule has 1 aromatic heterocycles. The van der Waals surface area contributed by atoms with Crippen LogP contribution in [0, 0.1) is 0 Å². The Balaban J connectivity index is 0. The van der Waals surface area contributed by atoms with Crippen LogP contribution in [-0.2, 0) is 9.98 Å². The first-order valence-electron chi connectivity index (χ1n) is 3.71. The lowest BCUT2D eigenvalue weighted by molar-refractivity contribution is -0.309. The first-order valence-corrected chi connectivity index (χ1v) is 5.25. The van der Waals surface area contributed by atoms with Gasteiger partial charge in [0.2, 0.25) is 0 Å². The van der Waals surface area contributed by atoms with Gasteiger partial charge in [-0.2, -0.15) is 0 Å². The molecular weight excluding hydrogens is 221 g/mol. The molecule has 0 saturated heterocycles. The minimum atomic E-state index is -4.80. The van der Waals surface area contributed by atoms with Gasteiger partial charge in [-0.15, -0.1) is 0 Å². The molecule has 0 spiro atoms. The molecule has 0 aliphatic rings. The Bertz CT molecular complexity index is 351. The van der Waals surface area contributed by atoms with Crippen LogP contribution >= 0.6 is 7.60 Å². The lowest BCUT2D eigenvalue weighted by Crippen LogP contribution is -2.23. The molecule has 7 nitrogen and oxygen atoms in total. The SMILES string of the molecule is CC(C)(C)c1cc(P(=O)([O-])[O-])on1.[NH4+].[NH4+]. The van der Waals surface area contributed by atoms with E-state index in [1.165, 1.54) is 6.07 Å². The molecule has 0 atom stereocenters. The van der Waals surface area contributed by atoms with E-state index in [4.69, 9.17) is 0 Å². The Labute approximate surface area is 88.2 Å². The van der Waals surface area contributed by atoms with Gasteiger partial charge in [0.05, 0.1) is 5.69 Å². The second-order valence-electron chi connectivity index (χ2n) is 3.80. The van der Waals surface area contributed by atoms with Gasteiger partial charge in [-0.25, -0.2) is 0 Å². The van der Waals surface area contributed by atoms with Crippen molar-refractivity contribution < 1.29 is 18.9 Å². The van der Waals surface area contributed by atoms with Gasteiger partial charge in [0, 0.05) is 19.1 Å². The number of nitrogens with zero attached hydrogens (tertiary/aromatic N) is 1. The van der Waals surface area contributed by atoms with Gasteiger partial charge in [-0.05, 0) is 0 Å². The van der Waals surface area contributed by atoms with E-state index in [0.717, 1.165) is 0 Å². The summed E-state index contributed by atoms with van der Waals surface area (Å²) in [6.45, 7) is 5.53. The smallest absolute Gasteiger partial charge is 0.166 e. The summed E-state index contributed by atoms with van der Waals surface area (Å²) in [6, 6.07) is 1.17. The molecule has 90 valence electrons. The number of rotatable bonds is 1. The lowest BCUT2D eigenvalue weighted by atomic mass is 9.93. The molecule has 1 rings (SSSR count). The topological polar surface area (TPSA) is 162 Å².